The molecule has 0 N–H and O–H groups in total. The van der Waals surface area contributed by atoms with Gasteiger partial charge in [-0.15, -0.1) is 0 Å². The molecule has 1 nitrogen and oxygen atoms in total. The molecular weight excluding hydrogens is 250 g/mol. The monoisotopic (exact) mass is 262 g/mol. The van der Waals surface area contributed by atoms with E-state index >= 15 is 0 Å². The summed E-state index contributed by atoms with van der Waals surface area (Å²) in [5.41, 5.74) is 0. The standard InChI is InChI=1S/C6H12ClIO/c1-5-6(2,8-3)7-9-4/h5H,1H2,2-4H3. The molecule has 56 valence electrons. The van der Waals surface area contributed by atoms with Gasteiger partial charge in [-0.05, 0) is 0 Å². The van der Waals surface area contributed by atoms with Crippen LogP contribution in [-0.4, -0.2) is 14.9 Å². The summed E-state index contributed by atoms with van der Waals surface area (Å²) < 4.78 is 5.05. The van der Waals surface area contributed by atoms with Crippen molar-refractivity contribution in [2.24, 2.45) is 0 Å². The summed E-state index contributed by atoms with van der Waals surface area (Å²) in [5, 5.41) is 0. The summed E-state index contributed by atoms with van der Waals surface area (Å²) in [7, 11) is 1.68. The number of rotatable bonds is 4. The van der Waals surface area contributed by atoms with Crippen LogP contribution in [0.15, 0.2) is 12.7 Å². The summed E-state index contributed by atoms with van der Waals surface area (Å²) in [6, 6.07) is 0. The molecule has 0 saturated carbocycles. The van der Waals surface area contributed by atoms with Gasteiger partial charge in [0.15, 0.2) is 0 Å². The number of hydrogen-bond acceptors (Lipinski definition) is 1. The van der Waals surface area contributed by atoms with Crippen molar-refractivity contribution in [1.82, 2.24) is 0 Å². The zero-order valence-electron chi connectivity index (χ0n) is 5.95. The molecule has 0 bridgehead atoms. The molecule has 0 saturated heterocycles. The second kappa shape index (κ2) is 4.52. The molecule has 0 aromatic carbocycles. The van der Waals surface area contributed by atoms with Gasteiger partial charge in [-0.1, -0.05) is 0 Å². The molecule has 0 radical (unpaired) electrons. The van der Waals surface area contributed by atoms with Crippen LogP contribution in [-0.2, 0) is 4.29 Å². The molecule has 3 heteroatoms. The average molecular weight is 263 g/mol. The van der Waals surface area contributed by atoms with E-state index in [9.17, 15) is 0 Å². The third-order valence-electron chi connectivity index (χ3n) is 0.956. The Labute approximate surface area is 71.0 Å². The number of hydrogen-bond donors (Lipinski definition) is 0. The Bertz CT molecular complexity index is 97.1. The van der Waals surface area contributed by atoms with E-state index in [2.05, 4.69) is 18.4 Å². The van der Waals surface area contributed by atoms with Crippen LogP contribution in [0.2, 0.25) is 0 Å². The van der Waals surface area contributed by atoms with Gasteiger partial charge in [0.1, 0.15) is 0 Å². The van der Waals surface area contributed by atoms with Gasteiger partial charge >= 0.3 is 71.1 Å². The van der Waals surface area contributed by atoms with Gasteiger partial charge in [0.2, 0.25) is 0 Å². The van der Waals surface area contributed by atoms with Crippen molar-refractivity contribution >= 4 is 0 Å². The summed E-state index contributed by atoms with van der Waals surface area (Å²) >= 11 is 2.12. The molecule has 0 spiro atoms. The Hall–Kier alpha value is 0.720. The van der Waals surface area contributed by atoms with Gasteiger partial charge in [-0.25, -0.2) is 0 Å². The molecule has 0 aromatic heterocycles. The van der Waals surface area contributed by atoms with Crippen molar-refractivity contribution in [3.05, 3.63) is 12.7 Å². The van der Waals surface area contributed by atoms with Crippen LogP contribution >= 0.6 is 0 Å². The fourth-order valence-electron chi connectivity index (χ4n) is 0.289. The molecule has 0 aliphatic rings. The quantitative estimate of drug-likeness (QED) is 0.332. The topological polar surface area (TPSA) is 9.23 Å². The van der Waals surface area contributed by atoms with Crippen molar-refractivity contribution in [3.8, 4) is 0 Å². The van der Waals surface area contributed by atoms with E-state index in [1.165, 1.54) is 0 Å². The van der Waals surface area contributed by atoms with Gasteiger partial charge in [0, 0.05) is 0 Å². The molecule has 1 atom stereocenters. The van der Waals surface area contributed by atoms with E-state index in [-0.39, 0.29) is 24.1 Å². The molecule has 9 heavy (non-hydrogen) atoms. The first-order valence-electron chi connectivity index (χ1n) is 2.52. The maximum absolute atomic E-state index is 4.91. The molecule has 1 unspecified atom stereocenters. The van der Waals surface area contributed by atoms with Crippen LogP contribution in [0.25, 0.3) is 0 Å². The van der Waals surface area contributed by atoms with E-state index in [4.69, 9.17) is 4.29 Å². The van der Waals surface area contributed by atoms with Crippen LogP contribution in [0.3, 0.4) is 0 Å². The molecule has 0 amide bonds. The van der Waals surface area contributed by atoms with Crippen molar-refractivity contribution < 1.29 is 36.6 Å². The second-order valence-electron chi connectivity index (χ2n) is 1.58. The molecular formula is C6H12ClIO. The fourth-order valence-corrected chi connectivity index (χ4v) is 2.15. The van der Waals surface area contributed by atoms with E-state index in [0.717, 1.165) is 0 Å². The molecule has 0 aliphatic heterocycles. The zero-order valence-corrected chi connectivity index (χ0v) is 8.86. The second-order valence-corrected chi connectivity index (χ2v) is 6.79. The van der Waals surface area contributed by atoms with E-state index in [0.29, 0.717) is 0 Å². The number of allylic oxidation sites excluding steroid dienone is 1. The van der Waals surface area contributed by atoms with Crippen LogP contribution in [0.5, 0.6) is 0 Å². The Morgan fingerprint density at radius 3 is 2.44 bits per heavy atom. The van der Waals surface area contributed by atoms with Gasteiger partial charge in [-0.2, -0.15) is 0 Å². The van der Waals surface area contributed by atoms with E-state index in [1.807, 2.05) is 17.1 Å². The predicted molar refractivity (Wildman–Crippen MR) is 31.5 cm³/mol. The number of halogens is 2. The molecule has 0 heterocycles. The molecule has 0 aliphatic carbocycles. The average Bonchev–Trinajstić information content (AvgIpc) is 1.89. The first kappa shape index (κ1) is 9.72. The summed E-state index contributed by atoms with van der Waals surface area (Å²) in [4.78, 5) is 2.21. The van der Waals surface area contributed by atoms with E-state index in [1.54, 1.807) is 7.11 Å². The Balaban J connectivity index is 3.76. The van der Waals surface area contributed by atoms with Crippen LogP contribution in [0.4, 0.5) is 0 Å². The van der Waals surface area contributed by atoms with Crippen molar-refractivity contribution in [2.45, 2.75) is 9.80 Å². The van der Waals surface area contributed by atoms with Crippen LogP contribution in [0, 0.1) is 11.1 Å². The fraction of sp³-hybridized carbons (Fsp3) is 0.667. The van der Waals surface area contributed by atoms with Gasteiger partial charge in [0.05, 0.1) is 0 Å². The van der Waals surface area contributed by atoms with E-state index < -0.39 is 0 Å². The molecule has 0 fully saturated rings. The zero-order chi connectivity index (χ0) is 7.33. The third-order valence-corrected chi connectivity index (χ3v) is 5.57. The van der Waals surface area contributed by atoms with Crippen molar-refractivity contribution in [3.63, 3.8) is 0 Å². The predicted octanol–water partition coefficient (Wildman–Crippen LogP) is -1.75. The van der Waals surface area contributed by atoms with Crippen molar-refractivity contribution in [2.75, 3.05) is 12.0 Å². The number of alkyl halides is 3. The third kappa shape index (κ3) is 3.43. The Morgan fingerprint density at radius 2 is 2.33 bits per heavy atom. The van der Waals surface area contributed by atoms with Crippen LogP contribution < -0.4 is 21.2 Å². The van der Waals surface area contributed by atoms with Gasteiger partial charge < -0.3 is 0 Å². The summed E-state index contributed by atoms with van der Waals surface area (Å²) in [6.45, 7) is 5.86. The minimum atomic E-state index is 0.146. The van der Waals surface area contributed by atoms with Crippen LogP contribution in [0.1, 0.15) is 6.92 Å². The summed E-state index contributed by atoms with van der Waals surface area (Å²) in [6.07, 6.45) is 1.94. The van der Waals surface area contributed by atoms with Crippen molar-refractivity contribution in [1.29, 1.82) is 0 Å². The minimum absolute atomic E-state index is 0.146. The van der Waals surface area contributed by atoms with Gasteiger partial charge in [-0.3, -0.25) is 0 Å². The van der Waals surface area contributed by atoms with Gasteiger partial charge in [0.25, 0.3) is 0 Å². The normalized spacial score (nSPS) is 17.2. The first-order chi connectivity index (χ1) is 4.18. The molecule has 0 rings (SSSR count). The first-order valence-corrected chi connectivity index (χ1v) is 6.44. The summed E-state index contributed by atoms with van der Waals surface area (Å²) in [5.74, 6) is 0. The Morgan fingerprint density at radius 1 is 1.78 bits per heavy atom. The maximum atomic E-state index is 4.91. The Kier molecular flexibility index (Phi) is 4.88. The SMILES string of the molecule is C=CC(C)([Cl+]OC)[I-]C. The molecule has 0 aromatic rings.